The van der Waals surface area contributed by atoms with Crippen LogP contribution in [0.5, 0.6) is 11.5 Å². The Balaban J connectivity index is 2.44. The summed E-state index contributed by atoms with van der Waals surface area (Å²) in [6.45, 7) is 0.954. The number of halogens is 1. The summed E-state index contributed by atoms with van der Waals surface area (Å²) < 4.78 is 10.6. The van der Waals surface area contributed by atoms with Gasteiger partial charge in [-0.1, -0.05) is 11.6 Å². The summed E-state index contributed by atoms with van der Waals surface area (Å²) in [5.74, 6) is 1.11. The van der Waals surface area contributed by atoms with E-state index in [1.165, 1.54) is 0 Å². The van der Waals surface area contributed by atoms with Gasteiger partial charge in [-0.2, -0.15) is 0 Å². The molecule has 2 rings (SSSR count). The van der Waals surface area contributed by atoms with Gasteiger partial charge >= 0.3 is 0 Å². The highest BCUT2D eigenvalue weighted by atomic mass is 35.5. The number of aldehydes is 1. The van der Waals surface area contributed by atoms with Gasteiger partial charge in [0.2, 0.25) is 6.79 Å². The van der Waals surface area contributed by atoms with Gasteiger partial charge < -0.3 is 14.8 Å². The van der Waals surface area contributed by atoms with E-state index < -0.39 is 0 Å². The van der Waals surface area contributed by atoms with Gasteiger partial charge in [-0.3, -0.25) is 4.79 Å². The second kappa shape index (κ2) is 4.72. The maximum absolute atomic E-state index is 10.9. The molecule has 0 aliphatic carbocycles. The lowest BCUT2D eigenvalue weighted by atomic mass is 10.1. The van der Waals surface area contributed by atoms with Crippen molar-refractivity contribution < 1.29 is 14.3 Å². The zero-order valence-electron chi connectivity index (χ0n) is 8.88. The molecule has 1 aromatic rings. The average molecular weight is 242 g/mol. The Hall–Kier alpha value is -1.26. The highest BCUT2D eigenvalue weighted by Gasteiger charge is 2.24. The van der Waals surface area contributed by atoms with Crippen molar-refractivity contribution in [3.05, 3.63) is 22.2 Å². The van der Waals surface area contributed by atoms with Crippen molar-refractivity contribution in [1.82, 2.24) is 5.32 Å². The number of ether oxygens (including phenoxy) is 2. The normalized spacial score (nSPS) is 12.9. The van der Waals surface area contributed by atoms with E-state index in [0.717, 1.165) is 18.5 Å². The quantitative estimate of drug-likeness (QED) is 0.815. The van der Waals surface area contributed by atoms with Crippen LogP contribution in [0.3, 0.4) is 0 Å². The van der Waals surface area contributed by atoms with Crippen molar-refractivity contribution in [3.63, 3.8) is 0 Å². The van der Waals surface area contributed by atoms with E-state index >= 15 is 0 Å². The first-order valence-corrected chi connectivity index (χ1v) is 5.36. The molecule has 86 valence electrons. The molecule has 0 saturated carbocycles. The molecule has 0 bridgehead atoms. The lowest BCUT2D eigenvalue weighted by molar-refractivity contribution is 0.111. The van der Waals surface area contributed by atoms with Crippen LogP contribution in [-0.4, -0.2) is 26.7 Å². The highest BCUT2D eigenvalue weighted by molar-refractivity contribution is 6.33. The molecule has 1 aromatic carbocycles. The molecule has 0 atom stereocenters. The molecule has 1 N–H and O–H groups in total. The van der Waals surface area contributed by atoms with Gasteiger partial charge in [0.25, 0.3) is 0 Å². The predicted molar refractivity (Wildman–Crippen MR) is 60.6 cm³/mol. The lowest BCUT2D eigenvalue weighted by Crippen LogP contribution is -2.10. The highest BCUT2D eigenvalue weighted by Crippen LogP contribution is 2.41. The largest absolute Gasteiger partial charge is 0.453 e. The third-order valence-corrected chi connectivity index (χ3v) is 2.78. The number of hydrogen-bond acceptors (Lipinski definition) is 4. The van der Waals surface area contributed by atoms with Crippen LogP contribution in [0, 0.1) is 0 Å². The van der Waals surface area contributed by atoms with Crippen molar-refractivity contribution in [3.8, 4) is 11.5 Å². The smallest absolute Gasteiger partial charge is 0.231 e. The second-order valence-corrected chi connectivity index (χ2v) is 3.87. The first-order valence-electron chi connectivity index (χ1n) is 4.98. The number of hydrogen-bond donors (Lipinski definition) is 1. The van der Waals surface area contributed by atoms with Gasteiger partial charge in [0.15, 0.2) is 17.8 Å². The molecular formula is C11H12ClNO3. The van der Waals surface area contributed by atoms with Crippen molar-refractivity contribution >= 4 is 17.9 Å². The molecule has 5 heteroatoms. The van der Waals surface area contributed by atoms with E-state index in [1.54, 1.807) is 6.07 Å². The Morgan fingerprint density at radius 1 is 1.50 bits per heavy atom. The molecule has 16 heavy (non-hydrogen) atoms. The number of nitrogens with one attached hydrogen (secondary N) is 1. The fourth-order valence-corrected chi connectivity index (χ4v) is 1.94. The first-order chi connectivity index (χ1) is 7.77. The minimum absolute atomic E-state index is 0.142. The van der Waals surface area contributed by atoms with Crippen LogP contribution in [0.2, 0.25) is 5.02 Å². The topological polar surface area (TPSA) is 47.6 Å². The van der Waals surface area contributed by atoms with E-state index in [4.69, 9.17) is 21.1 Å². The van der Waals surface area contributed by atoms with Gasteiger partial charge in [0.1, 0.15) is 0 Å². The lowest BCUT2D eigenvalue weighted by Gasteiger charge is -2.08. The molecule has 0 unspecified atom stereocenters. The maximum Gasteiger partial charge on any atom is 0.231 e. The summed E-state index contributed by atoms with van der Waals surface area (Å²) in [4.78, 5) is 10.9. The van der Waals surface area contributed by atoms with Crippen molar-refractivity contribution in [1.29, 1.82) is 0 Å². The molecule has 1 heterocycles. The van der Waals surface area contributed by atoms with Crippen LogP contribution >= 0.6 is 11.6 Å². The molecule has 0 fully saturated rings. The van der Waals surface area contributed by atoms with Crippen molar-refractivity contribution in [2.45, 2.75) is 6.42 Å². The minimum Gasteiger partial charge on any atom is -0.453 e. The van der Waals surface area contributed by atoms with Gasteiger partial charge in [0, 0.05) is 5.56 Å². The second-order valence-electron chi connectivity index (χ2n) is 3.47. The van der Waals surface area contributed by atoms with Crippen molar-refractivity contribution in [2.75, 3.05) is 20.4 Å². The van der Waals surface area contributed by atoms with E-state index in [-0.39, 0.29) is 6.79 Å². The fraction of sp³-hybridized carbons (Fsp3) is 0.364. The number of benzene rings is 1. The fourth-order valence-electron chi connectivity index (χ4n) is 1.68. The first kappa shape index (κ1) is 11.2. The molecule has 0 spiro atoms. The standard InChI is InChI=1S/C11H12ClNO3/c1-13-3-2-7-4-9(12)8(5-14)11-10(7)15-6-16-11/h4-5,13H,2-3,6H2,1H3. The van der Waals surface area contributed by atoms with Gasteiger partial charge in [-0.25, -0.2) is 0 Å². The Labute approximate surface area is 98.5 Å². The zero-order chi connectivity index (χ0) is 11.5. The monoisotopic (exact) mass is 241 g/mol. The van der Waals surface area contributed by atoms with Crippen LogP contribution in [0.4, 0.5) is 0 Å². The van der Waals surface area contributed by atoms with Crippen LogP contribution in [0.15, 0.2) is 6.07 Å². The Kier molecular flexibility index (Phi) is 3.31. The van der Waals surface area contributed by atoms with Crippen LogP contribution in [-0.2, 0) is 6.42 Å². The number of carbonyl (C=O) groups excluding carboxylic acids is 1. The number of carbonyl (C=O) groups is 1. The van der Waals surface area contributed by atoms with E-state index in [9.17, 15) is 4.79 Å². The molecule has 0 saturated heterocycles. The summed E-state index contributed by atoms with van der Waals surface area (Å²) in [6, 6.07) is 1.76. The molecule has 0 radical (unpaired) electrons. The SMILES string of the molecule is CNCCc1cc(Cl)c(C=O)c2c1OCO2. The summed E-state index contributed by atoms with van der Waals surface area (Å²) in [6.07, 6.45) is 1.47. The molecule has 4 nitrogen and oxygen atoms in total. The van der Waals surface area contributed by atoms with Gasteiger partial charge in [0.05, 0.1) is 10.6 Å². The van der Waals surface area contributed by atoms with Crippen LogP contribution < -0.4 is 14.8 Å². The van der Waals surface area contributed by atoms with Crippen LogP contribution in [0.1, 0.15) is 15.9 Å². The Morgan fingerprint density at radius 2 is 2.25 bits per heavy atom. The predicted octanol–water partition coefficient (Wildman–Crippen LogP) is 1.64. The molecule has 0 aromatic heterocycles. The molecular weight excluding hydrogens is 230 g/mol. The van der Waals surface area contributed by atoms with Gasteiger partial charge in [-0.15, -0.1) is 0 Å². The van der Waals surface area contributed by atoms with Gasteiger partial charge in [-0.05, 0) is 26.1 Å². The van der Waals surface area contributed by atoms with E-state index in [1.807, 2.05) is 7.05 Å². The van der Waals surface area contributed by atoms with Crippen molar-refractivity contribution in [2.24, 2.45) is 0 Å². The van der Waals surface area contributed by atoms with Crippen LogP contribution in [0.25, 0.3) is 0 Å². The van der Waals surface area contributed by atoms with E-state index in [0.29, 0.717) is 28.4 Å². The molecule has 1 aliphatic rings. The summed E-state index contributed by atoms with van der Waals surface area (Å²) in [5.41, 5.74) is 1.32. The summed E-state index contributed by atoms with van der Waals surface area (Å²) in [7, 11) is 1.87. The maximum atomic E-state index is 10.9. The number of rotatable bonds is 4. The minimum atomic E-state index is 0.142. The zero-order valence-corrected chi connectivity index (χ0v) is 9.63. The third-order valence-electron chi connectivity index (χ3n) is 2.47. The Morgan fingerprint density at radius 3 is 2.94 bits per heavy atom. The number of likely N-dealkylation sites (N-methyl/N-ethyl adjacent to an activating group) is 1. The summed E-state index contributed by atoms with van der Waals surface area (Å²) >= 11 is 6.00. The van der Waals surface area contributed by atoms with E-state index in [2.05, 4.69) is 5.32 Å². The average Bonchev–Trinajstić information content (AvgIpc) is 2.75. The molecule has 0 amide bonds. The third kappa shape index (κ3) is 1.86. The summed E-state index contributed by atoms with van der Waals surface area (Å²) in [5, 5.41) is 3.45. The number of fused-ring (bicyclic) bond motifs is 1. The Bertz CT molecular complexity index is 420. The molecule has 1 aliphatic heterocycles.